The van der Waals surface area contributed by atoms with Gasteiger partial charge in [0.2, 0.25) is 0 Å². The molecule has 6 heteroatoms. The fourth-order valence-electron chi connectivity index (χ4n) is 1.59. The summed E-state index contributed by atoms with van der Waals surface area (Å²) in [4.78, 5) is 4.19. The molecular formula is C13H18BrN3O2. The number of benzene rings is 1. The number of halogens is 1. The van der Waals surface area contributed by atoms with Crippen molar-refractivity contribution in [3.63, 3.8) is 0 Å². The second kappa shape index (κ2) is 7.68. The van der Waals surface area contributed by atoms with Crippen molar-refractivity contribution in [2.45, 2.75) is 6.10 Å². The van der Waals surface area contributed by atoms with Gasteiger partial charge in [0.15, 0.2) is 23.6 Å². The molecule has 0 radical (unpaired) electrons. The second-order valence-electron chi connectivity index (χ2n) is 3.89. The number of para-hydroxylation sites is 2. The van der Waals surface area contributed by atoms with E-state index in [4.69, 9.17) is 15.2 Å². The minimum absolute atomic E-state index is 0. The highest BCUT2D eigenvalue weighted by atomic mass is 79.9. The summed E-state index contributed by atoms with van der Waals surface area (Å²) in [6.07, 6.45) is 1.61. The van der Waals surface area contributed by atoms with E-state index in [0.717, 1.165) is 11.5 Å². The van der Waals surface area contributed by atoms with E-state index in [1.807, 2.05) is 24.3 Å². The van der Waals surface area contributed by atoms with Crippen LogP contribution in [0.25, 0.3) is 0 Å². The van der Waals surface area contributed by atoms with Crippen LogP contribution < -0.4 is 20.5 Å². The number of nitrogens with zero attached hydrogens (tertiary/aromatic N) is 1. The molecule has 104 valence electrons. The third kappa shape index (κ3) is 4.48. The van der Waals surface area contributed by atoms with Crippen molar-refractivity contribution < 1.29 is 9.47 Å². The lowest BCUT2D eigenvalue weighted by molar-refractivity contribution is 0.0972. The molecule has 1 aromatic carbocycles. The molecule has 1 aliphatic rings. The van der Waals surface area contributed by atoms with Gasteiger partial charge in [-0.1, -0.05) is 18.2 Å². The zero-order valence-corrected chi connectivity index (χ0v) is 12.3. The van der Waals surface area contributed by atoms with E-state index in [-0.39, 0.29) is 23.1 Å². The molecule has 0 saturated carbocycles. The topological polar surface area (TPSA) is 68.9 Å². The Morgan fingerprint density at radius 3 is 2.95 bits per heavy atom. The molecule has 1 heterocycles. The standard InChI is InChI=1S/C13H17N3O2.BrH/c1-2-7-15-13(14)16-8-10-9-17-11-5-3-4-6-12(11)18-10;/h2-6,10H,1,7-9H2,(H3,14,15,16);1H. The maximum absolute atomic E-state index is 5.75. The number of hydrogen-bond acceptors (Lipinski definition) is 3. The molecule has 0 aliphatic carbocycles. The van der Waals surface area contributed by atoms with Gasteiger partial charge in [-0.05, 0) is 12.1 Å². The van der Waals surface area contributed by atoms with E-state index in [1.165, 1.54) is 0 Å². The van der Waals surface area contributed by atoms with Crippen molar-refractivity contribution in [3.8, 4) is 11.5 Å². The fourth-order valence-corrected chi connectivity index (χ4v) is 1.59. The highest BCUT2D eigenvalue weighted by Crippen LogP contribution is 2.30. The first-order chi connectivity index (χ1) is 8.79. The maximum atomic E-state index is 5.75. The number of nitrogens with one attached hydrogen (secondary N) is 1. The van der Waals surface area contributed by atoms with Crippen molar-refractivity contribution in [1.29, 1.82) is 0 Å². The van der Waals surface area contributed by atoms with Crippen LogP contribution in [0.2, 0.25) is 0 Å². The van der Waals surface area contributed by atoms with Crippen LogP contribution in [0.5, 0.6) is 11.5 Å². The monoisotopic (exact) mass is 327 g/mol. The third-order valence-corrected chi connectivity index (χ3v) is 2.46. The van der Waals surface area contributed by atoms with E-state index < -0.39 is 0 Å². The molecule has 1 atom stereocenters. The molecule has 0 spiro atoms. The second-order valence-corrected chi connectivity index (χ2v) is 3.89. The number of aliphatic imine (C=N–C) groups is 1. The Morgan fingerprint density at radius 1 is 1.47 bits per heavy atom. The summed E-state index contributed by atoms with van der Waals surface area (Å²) in [5.74, 6) is 1.91. The van der Waals surface area contributed by atoms with Crippen LogP contribution in [0.1, 0.15) is 0 Å². The van der Waals surface area contributed by atoms with E-state index in [0.29, 0.717) is 25.7 Å². The summed E-state index contributed by atoms with van der Waals surface area (Å²) in [6, 6.07) is 7.59. The highest BCUT2D eigenvalue weighted by molar-refractivity contribution is 8.93. The summed E-state index contributed by atoms with van der Waals surface area (Å²) >= 11 is 0. The van der Waals surface area contributed by atoms with Gasteiger partial charge in [0.05, 0.1) is 6.54 Å². The van der Waals surface area contributed by atoms with Crippen LogP contribution >= 0.6 is 17.0 Å². The molecule has 0 fully saturated rings. The fraction of sp³-hybridized carbons (Fsp3) is 0.308. The number of nitrogens with two attached hydrogens (primary N) is 1. The molecule has 0 aromatic heterocycles. The Morgan fingerprint density at radius 2 is 2.21 bits per heavy atom. The van der Waals surface area contributed by atoms with Gasteiger partial charge in [-0.15, -0.1) is 23.6 Å². The molecule has 1 aliphatic heterocycles. The van der Waals surface area contributed by atoms with Gasteiger partial charge in [0.25, 0.3) is 0 Å². The van der Waals surface area contributed by atoms with Gasteiger partial charge in [0.1, 0.15) is 6.61 Å². The van der Waals surface area contributed by atoms with Crippen molar-refractivity contribution in [2.24, 2.45) is 10.7 Å². The Bertz CT molecular complexity index is 451. The van der Waals surface area contributed by atoms with E-state index in [1.54, 1.807) is 6.08 Å². The van der Waals surface area contributed by atoms with Crippen LogP contribution in [0.3, 0.4) is 0 Å². The van der Waals surface area contributed by atoms with Gasteiger partial charge < -0.3 is 20.5 Å². The lowest BCUT2D eigenvalue weighted by atomic mass is 10.2. The SMILES string of the molecule is Br.C=CCNC(N)=NCC1COc2ccccc2O1. The van der Waals surface area contributed by atoms with Crippen LogP contribution in [0, 0.1) is 0 Å². The zero-order chi connectivity index (χ0) is 12.8. The first-order valence-electron chi connectivity index (χ1n) is 5.83. The van der Waals surface area contributed by atoms with Gasteiger partial charge >= 0.3 is 0 Å². The molecule has 1 unspecified atom stereocenters. The average Bonchev–Trinajstić information content (AvgIpc) is 2.42. The van der Waals surface area contributed by atoms with Gasteiger partial charge in [0, 0.05) is 6.54 Å². The Labute approximate surface area is 123 Å². The van der Waals surface area contributed by atoms with E-state index in [9.17, 15) is 0 Å². The molecular weight excluding hydrogens is 310 g/mol. The first-order valence-corrected chi connectivity index (χ1v) is 5.83. The molecule has 3 N–H and O–H groups in total. The zero-order valence-electron chi connectivity index (χ0n) is 10.5. The number of rotatable bonds is 4. The summed E-state index contributed by atoms with van der Waals surface area (Å²) in [5.41, 5.74) is 5.67. The lowest BCUT2D eigenvalue weighted by Gasteiger charge is -2.25. The van der Waals surface area contributed by atoms with E-state index in [2.05, 4.69) is 16.9 Å². The van der Waals surface area contributed by atoms with Crippen LogP contribution in [-0.2, 0) is 0 Å². The minimum atomic E-state index is -0.107. The van der Waals surface area contributed by atoms with Gasteiger partial charge in [-0.2, -0.15) is 0 Å². The minimum Gasteiger partial charge on any atom is -0.486 e. The molecule has 0 saturated heterocycles. The molecule has 0 bridgehead atoms. The highest BCUT2D eigenvalue weighted by Gasteiger charge is 2.19. The molecule has 0 amide bonds. The lowest BCUT2D eigenvalue weighted by Crippen LogP contribution is -2.36. The predicted octanol–water partition coefficient (Wildman–Crippen LogP) is 1.49. The van der Waals surface area contributed by atoms with Crippen LogP contribution in [-0.4, -0.2) is 31.8 Å². The number of fused-ring (bicyclic) bond motifs is 1. The Hall–Kier alpha value is -1.69. The van der Waals surface area contributed by atoms with E-state index >= 15 is 0 Å². The quantitative estimate of drug-likeness (QED) is 0.499. The normalized spacial score (nSPS) is 17.3. The summed E-state index contributed by atoms with van der Waals surface area (Å²) in [7, 11) is 0. The molecule has 19 heavy (non-hydrogen) atoms. The maximum Gasteiger partial charge on any atom is 0.188 e. The molecule has 2 rings (SSSR count). The smallest absolute Gasteiger partial charge is 0.188 e. The first kappa shape index (κ1) is 15.4. The largest absolute Gasteiger partial charge is 0.486 e. The van der Waals surface area contributed by atoms with Crippen molar-refractivity contribution >= 4 is 22.9 Å². The van der Waals surface area contributed by atoms with Crippen LogP contribution in [0.4, 0.5) is 0 Å². The summed E-state index contributed by atoms with van der Waals surface area (Å²) < 4.78 is 11.3. The number of hydrogen-bond donors (Lipinski definition) is 2. The van der Waals surface area contributed by atoms with Crippen LogP contribution in [0.15, 0.2) is 41.9 Å². The average molecular weight is 328 g/mol. The number of ether oxygens (including phenoxy) is 2. The van der Waals surface area contributed by atoms with Gasteiger partial charge in [-0.25, -0.2) is 4.99 Å². The molecule has 5 nitrogen and oxygen atoms in total. The Kier molecular flexibility index (Phi) is 6.21. The summed E-state index contributed by atoms with van der Waals surface area (Å²) in [5, 5.41) is 2.90. The third-order valence-electron chi connectivity index (χ3n) is 2.46. The van der Waals surface area contributed by atoms with Gasteiger partial charge in [-0.3, -0.25) is 0 Å². The Balaban J connectivity index is 0.00000180. The molecule has 1 aromatic rings. The van der Waals surface area contributed by atoms with Crippen molar-refractivity contribution in [3.05, 3.63) is 36.9 Å². The van der Waals surface area contributed by atoms with Crippen molar-refractivity contribution in [2.75, 3.05) is 19.7 Å². The predicted molar refractivity (Wildman–Crippen MR) is 81.4 cm³/mol. The van der Waals surface area contributed by atoms with Crippen molar-refractivity contribution in [1.82, 2.24) is 5.32 Å². The number of guanidine groups is 1. The summed E-state index contributed by atoms with van der Waals surface area (Å²) in [6.45, 7) is 5.13.